The minimum absolute atomic E-state index is 0.0266. The Kier molecular flexibility index (Phi) is 8.04. The number of rotatable bonds is 8. The van der Waals surface area contributed by atoms with E-state index in [1.165, 1.54) is 0 Å². The molecule has 0 aromatic heterocycles. The lowest BCUT2D eigenvalue weighted by molar-refractivity contribution is -0.137. The van der Waals surface area contributed by atoms with Crippen molar-refractivity contribution in [2.45, 2.75) is 25.3 Å². The minimum atomic E-state index is -1.06. The zero-order chi connectivity index (χ0) is 14.1. The van der Waals surface area contributed by atoms with Gasteiger partial charge in [-0.25, -0.2) is 0 Å². The van der Waals surface area contributed by atoms with Crippen molar-refractivity contribution in [3.63, 3.8) is 0 Å². The van der Waals surface area contributed by atoms with Crippen molar-refractivity contribution in [2.75, 3.05) is 38.6 Å². The fourth-order valence-corrected chi connectivity index (χ4v) is 2.55. The molecule has 0 amide bonds. The second-order valence-corrected chi connectivity index (χ2v) is 5.62. The summed E-state index contributed by atoms with van der Waals surface area (Å²) in [5, 5.41) is 8.61. The Morgan fingerprint density at radius 3 is 2.63 bits per heavy atom. The highest BCUT2D eigenvalue weighted by Gasteiger charge is 2.14. The van der Waals surface area contributed by atoms with Crippen molar-refractivity contribution >= 4 is 22.8 Å². The van der Waals surface area contributed by atoms with Crippen LogP contribution in [0.3, 0.4) is 0 Å². The van der Waals surface area contributed by atoms with Gasteiger partial charge in [0.2, 0.25) is 0 Å². The molecule has 6 nitrogen and oxygen atoms in total. The predicted octanol–water partition coefficient (Wildman–Crippen LogP) is 0.161. The maximum Gasteiger partial charge on any atom is 0.321 e. The van der Waals surface area contributed by atoms with Crippen molar-refractivity contribution in [3.05, 3.63) is 0 Å². The number of carbonyl (C=O) groups excluding carboxylic acids is 1. The number of hydrogen-bond acceptors (Lipinski definition) is 6. The Morgan fingerprint density at radius 1 is 1.32 bits per heavy atom. The number of hydrogen-bond donors (Lipinski definition) is 2. The monoisotopic (exact) mass is 290 g/mol. The second-order valence-electron chi connectivity index (χ2n) is 4.54. The number of nitrogens with two attached hydrogens (primary N) is 1. The number of ether oxygens (including phenoxy) is 1. The number of carboxylic acid groups (broad SMARTS) is 1. The number of nitrogens with zero attached hydrogens (tertiary/aromatic N) is 1. The second kappa shape index (κ2) is 9.30. The van der Waals surface area contributed by atoms with Crippen LogP contribution in [0.25, 0.3) is 0 Å². The lowest BCUT2D eigenvalue weighted by Gasteiger charge is -2.26. The number of thioether (sulfide) groups is 1. The van der Waals surface area contributed by atoms with Crippen molar-refractivity contribution in [2.24, 2.45) is 5.73 Å². The van der Waals surface area contributed by atoms with Gasteiger partial charge in [0.1, 0.15) is 6.04 Å². The summed E-state index contributed by atoms with van der Waals surface area (Å²) in [4.78, 5) is 24.3. The molecule has 0 unspecified atom stereocenters. The average Bonchev–Trinajstić information content (AvgIpc) is 2.42. The molecule has 3 N–H and O–H groups in total. The normalized spacial score (nSPS) is 18.2. The van der Waals surface area contributed by atoms with Crippen LogP contribution in [0.1, 0.15) is 19.3 Å². The van der Waals surface area contributed by atoms with Gasteiger partial charge in [-0.15, -0.1) is 0 Å². The average molecular weight is 290 g/mol. The third-order valence-corrected chi connectivity index (χ3v) is 4.00. The van der Waals surface area contributed by atoms with E-state index in [9.17, 15) is 9.59 Å². The maximum atomic E-state index is 11.5. The molecular formula is C12H22N2O4S. The fourth-order valence-electron chi connectivity index (χ4n) is 1.76. The van der Waals surface area contributed by atoms with Gasteiger partial charge in [-0.2, -0.15) is 0 Å². The molecule has 1 fully saturated rings. The lowest BCUT2D eigenvalue weighted by Crippen LogP contribution is -2.36. The van der Waals surface area contributed by atoms with Crippen LogP contribution >= 0.6 is 11.8 Å². The minimum Gasteiger partial charge on any atom is -0.480 e. The number of carbonyl (C=O) groups is 2. The standard InChI is InChI=1S/C12H22N2O4S/c13-10(12(16)17)9-19-11(15)3-1-2-4-14-5-7-18-8-6-14/h10H,1-9,13H2,(H,16,17)/t10-/m0/s1. The fraction of sp³-hybridized carbons (Fsp3) is 0.833. The van der Waals surface area contributed by atoms with Crippen molar-refractivity contribution < 1.29 is 19.4 Å². The molecule has 7 heteroatoms. The van der Waals surface area contributed by atoms with Gasteiger partial charge < -0.3 is 15.6 Å². The summed E-state index contributed by atoms with van der Waals surface area (Å²) >= 11 is 1.02. The number of aliphatic carboxylic acids is 1. The van der Waals surface area contributed by atoms with Crippen LogP contribution in [0.5, 0.6) is 0 Å². The Labute approximate surface area is 117 Å². The summed E-state index contributed by atoms with van der Waals surface area (Å²) in [6.07, 6.45) is 2.31. The van der Waals surface area contributed by atoms with E-state index in [0.29, 0.717) is 6.42 Å². The molecular weight excluding hydrogens is 268 g/mol. The molecule has 1 aliphatic rings. The van der Waals surface area contributed by atoms with E-state index in [0.717, 1.165) is 57.5 Å². The summed E-state index contributed by atoms with van der Waals surface area (Å²) in [6.45, 7) is 4.52. The van der Waals surface area contributed by atoms with Gasteiger partial charge >= 0.3 is 5.97 Å². The molecule has 0 aliphatic carbocycles. The molecule has 110 valence electrons. The molecule has 0 aromatic rings. The van der Waals surface area contributed by atoms with Crippen LogP contribution in [0, 0.1) is 0 Å². The number of unbranched alkanes of at least 4 members (excludes halogenated alkanes) is 1. The first-order valence-corrected chi connectivity index (χ1v) is 7.52. The zero-order valence-electron chi connectivity index (χ0n) is 11.0. The Balaban J connectivity index is 1.99. The molecule has 1 rings (SSSR count). The first kappa shape index (κ1) is 16.4. The predicted molar refractivity (Wildman–Crippen MR) is 74.2 cm³/mol. The van der Waals surface area contributed by atoms with Gasteiger partial charge in [0.05, 0.1) is 13.2 Å². The van der Waals surface area contributed by atoms with Gasteiger partial charge in [0, 0.05) is 25.3 Å². The smallest absolute Gasteiger partial charge is 0.321 e. The van der Waals surface area contributed by atoms with E-state index in [4.69, 9.17) is 15.6 Å². The molecule has 1 aliphatic heterocycles. The summed E-state index contributed by atoms with van der Waals surface area (Å²) in [5.74, 6) is -0.912. The summed E-state index contributed by atoms with van der Waals surface area (Å²) in [5.41, 5.74) is 5.33. The highest BCUT2D eigenvalue weighted by molar-refractivity contribution is 8.13. The molecule has 1 heterocycles. The van der Waals surface area contributed by atoms with E-state index in [-0.39, 0.29) is 10.9 Å². The quantitative estimate of drug-likeness (QED) is 0.615. The lowest BCUT2D eigenvalue weighted by atomic mass is 10.2. The van der Waals surface area contributed by atoms with Gasteiger partial charge in [-0.1, -0.05) is 11.8 Å². The Hall–Kier alpha value is -0.630. The summed E-state index contributed by atoms with van der Waals surface area (Å²) < 4.78 is 5.26. The Morgan fingerprint density at radius 2 is 2.00 bits per heavy atom. The SMILES string of the molecule is N[C@@H](CSC(=O)CCCCN1CCOCC1)C(=O)O. The van der Waals surface area contributed by atoms with Crippen LogP contribution in [-0.4, -0.2) is 65.7 Å². The molecule has 1 atom stereocenters. The third-order valence-electron chi connectivity index (χ3n) is 2.95. The van der Waals surface area contributed by atoms with Gasteiger partial charge in [0.15, 0.2) is 5.12 Å². The third kappa shape index (κ3) is 7.51. The number of morpholine rings is 1. The van der Waals surface area contributed by atoms with Crippen LogP contribution < -0.4 is 5.73 Å². The highest BCUT2D eigenvalue weighted by atomic mass is 32.2. The summed E-state index contributed by atoms with van der Waals surface area (Å²) in [7, 11) is 0. The van der Waals surface area contributed by atoms with E-state index in [1.54, 1.807) is 0 Å². The van der Waals surface area contributed by atoms with Crippen molar-refractivity contribution in [1.82, 2.24) is 4.90 Å². The van der Waals surface area contributed by atoms with Crippen LogP contribution in [0.4, 0.5) is 0 Å². The van der Waals surface area contributed by atoms with Gasteiger partial charge in [-0.05, 0) is 19.4 Å². The molecule has 19 heavy (non-hydrogen) atoms. The largest absolute Gasteiger partial charge is 0.480 e. The molecule has 0 spiro atoms. The highest BCUT2D eigenvalue weighted by Crippen LogP contribution is 2.10. The van der Waals surface area contributed by atoms with Gasteiger partial charge in [0.25, 0.3) is 0 Å². The Bertz CT molecular complexity index is 295. The van der Waals surface area contributed by atoms with E-state index >= 15 is 0 Å². The van der Waals surface area contributed by atoms with Crippen LogP contribution in [0.15, 0.2) is 0 Å². The number of carboxylic acids is 1. The molecule has 0 saturated carbocycles. The molecule has 0 aromatic carbocycles. The van der Waals surface area contributed by atoms with E-state index in [2.05, 4.69) is 4.90 Å². The maximum absolute atomic E-state index is 11.5. The van der Waals surface area contributed by atoms with Gasteiger partial charge in [-0.3, -0.25) is 14.5 Å². The molecule has 1 saturated heterocycles. The topological polar surface area (TPSA) is 92.9 Å². The van der Waals surface area contributed by atoms with Crippen LogP contribution in [0.2, 0.25) is 0 Å². The van der Waals surface area contributed by atoms with E-state index in [1.807, 2.05) is 0 Å². The zero-order valence-corrected chi connectivity index (χ0v) is 11.9. The first-order valence-electron chi connectivity index (χ1n) is 6.53. The van der Waals surface area contributed by atoms with Crippen molar-refractivity contribution in [3.8, 4) is 0 Å². The first-order chi connectivity index (χ1) is 9.09. The van der Waals surface area contributed by atoms with Crippen LogP contribution in [-0.2, 0) is 14.3 Å². The molecule has 0 bridgehead atoms. The van der Waals surface area contributed by atoms with Crippen molar-refractivity contribution in [1.29, 1.82) is 0 Å². The van der Waals surface area contributed by atoms with E-state index < -0.39 is 12.0 Å². The summed E-state index contributed by atoms with van der Waals surface area (Å²) in [6, 6.07) is -0.956. The molecule has 0 radical (unpaired) electrons.